The molecule has 3 aliphatic rings. The number of fused-ring (bicyclic) bond motifs is 3. The Labute approximate surface area is 183 Å². The van der Waals surface area contributed by atoms with Crippen molar-refractivity contribution in [2.75, 3.05) is 19.6 Å². The Kier molecular flexibility index (Phi) is 4.90. The van der Waals surface area contributed by atoms with E-state index in [0.29, 0.717) is 29.8 Å². The molecule has 3 aliphatic heterocycles. The Bertz CT molecular complexity index is 1030. The van der Waals surface area contributed by atoms with Gasteiger partial charge in [-0.2, -0.15) is 0 Å². The SMILES string of the molecule is NC(=O)C(c1ccon1)[N+]12CCC(CC1)[C@@H](OC(=O)C(O)(c1ccoc1)c1ccoc1)C2. The second kappa shape index (κ2) is 7.64. The summed E-state index contributed by atoms with van der Waals surface area (Å²) in [5.41, 5.74) is 4.65. The van der Waals surface area contributed by atoms with Crippen molar-refractivity contribution < 1.29 is 37.3 Å². The predicted molar refractivity (Wildman–Crippen MR) is 106 cm³/mol. The van der Waals surface area contributed by atoms with Crippen LogP contribution in [0.1, 0.15) is 35.7 Å². The number of esters is 1. The summed E-state index contributed by atoms with van der Waals surface area (Å²) in [6.07, 6.45) is 7.77. The molecular weight excluding hydrogens is 418 g/mol. The second-order valence-electron chi connectivity index (χ2n) is 8.59. The Morgan fingerprint density at radius 3 is 2.28 bits per heavy atom. The summed E-state index contributed by atoms with van der Waals surface area (Å²) in [5, 5.41) is 15.4. The number of hydrogen-bond donors (Lipinski definition) is 2. The van der Waals surface area contributed by atoms with Gasteiger partial charge in [-0.1, -0.05) is 5.16 Å². The third kappa shape index (κ3) is 3.14. The number of primary amides is 1. The fourth-order valence-electron chi connectivity index (χ4n) is 5.29. The molecule has 3 aromatic rings. The molecule has 6 heterocycles. The van der Waals surface area contributed by atoms with Crippen LogP contribution in [0.25, 0.3) is 0 Å². The lowest BCUT2D eigenvalue weighted by atomic mass is 9.81. The maximum atomic E-state index is 13.4. The van der Waals surface area contributed by atoms with Crippen LogP contribution in [0, 0.1) is 5.92 Å². The number of aromatic nitrogens is 1. The molecule has 3 N–H and O–H groups in total. The van der Waals surface area contributed by atoms with E-state index in [0.717, 1.165) is 12.8 Å². The molecule has 3 saturated heterocycles. The molecule has 1 unspecified atom stereocenters. The van der Waals surface area contributed by atoms with Gasteiger partial charge in [0.15, 0.2) is 11.8 Å². The number of furan rings is 2. The molecule has 10 nitrogen and oxygen atoms in total. The summed E-state index contributed by atoms with van der Waals surface area (Å²) in [6.45, 7) is 1.82. The van der Waals surface area contributed by atoms with Crippen molar-refractivity contribution in [3.05, 3.63) is 66.3 Å². The molecule has 3 fully saturated rings. The second-order valence-corrected chi connectivity index (χ2v) is 8.59. The van der Waals surface area contributed by atoms with Crippen LogP contribution < -0.4 is 5.73 Å². The van der Waals surface area contributed by atoms with Gasteiger partial charge in [-0.3, -0.25) is 4.79 Å². The lowest BCUT2D eigenvalue weighted by Gasteiger charge is -2.54. The van der Waals surface area contributed by atoms with Gasteiger partial charge in [-0.25, -0.2) is 4.79 Å². The number of hydrogen-bond acceptors (Lipinski definition) is 8. The van der Waals surface area contributed by atoms with E-state index < -0.39 is 29.6 Å². The largest absolute Gasteiger partial charge is 0.472 e. The topological polar surface area (TPSA) is 142 Å². The number of carbonyl (C=O) groups is 2. The van der Waals surface area contributed by atoms with Crippen LogP contribution in [0.2, 0.25) is 0 Å². The molecule has 2 atom stereocenters. The number of amides is 1. The first-order valence-corrected chi connectivity index (χ1v) is 10.5. The van der Waals surface area contributed by atoms with Crippen molar-refractivity contribution in [1.82, 2.24) is 5.16 Å². The maximum Gasteiger partial charge on any atom is 0.348 e. The first kappa shape index (κ1) is 20.5. The molecule has 32 heavy (non-hydrogen) atoms. The highest BCUT2D eigenvalue weighted by Crippen LogP contribution is 2.43. The fraction of sp³-hybridized carbons (Fsp3) is 0.409. The fourth-order valence-corrected chi connectivity index (χ4v) is 5.29. The highest BCUT2D eigenvalue weighted by molar-refractivity contribution is 5.85. The van der Waals surface area contributed by atoms with E-state index in [-0.39, 0.29) is 17.0 Å². The summed E-state index contributed by atoms with van der Waals surface area (Å²) in [6, 6.07) is 3.96. The van der Waals surface area contributed by atoms with Gasteiger partial charge >= 0.3 is 5.97 Å². The number of piperidine rings is 3. The van der Waals surface area contributed by atoms with E-state index in [2.05, 4.69) is 5.16 Å². The standard InChI is InChI=1S/C22H23N3O7/c23-20(26)19(17-5-10-31-24-17)25-6-1-14(2-7-25)18(11-25)32-21(27)22(28,15-3-8-29-12-15)16-4-9-30-13-16/h3-5,8-10,12-14,18-19,28H,1-2,6-7,11H2,(H-,23,26)/p+1/t14?,18-,19?,25?/m0/s1. The summed E-state index contributed by atoms with van der Waals surface area (Å²) >= 11 is 0. The summed E-state index contributed by atoms with van der Waals surface area (Å²) in [4.78, 5) is 25.8. The molecule has 0 aliphatic carbocycles. The number of quaternary nitrogens is 1. The van der Waals surface area contributed by atoms with Gasteiger partial charge in [0.2, 0.25) is 11.6 Å². The third-order valence-electron chi connectivity index (χ3n) is 6.95. The monoisotopic (exact) mass is 442 g/mol. The highest BCUT2D eigenvalue weighted by Gasteiger charge is 2.55. The Morgan fingerprint density at radius 2 is 1.78 bits per heavy atom. The van der Waals surface area contributed by atoms with Crippen LogP contribution in [0.3, 0.4) is 0 Å². The van der Waals surface area contributed by atoms with E-state index in [9.17, 15) is 14.7 Å². The molecule has 0 spiro atoms. The van der Waals surface area contributed by atoms with Crippen LogP contribution in [0.5, 0.6) is 0 Å². The molecule has 2 bridgehead atoms. The highest BCUT2D eigenvalue weighted by atomic mass is 16.6. The van der Waals surface area contributed by atoms with Gasteiger partial charge in [0.25, 0.3) is 5.91 Å². The lowest BCUT2D eigenvalue weighted by Crippen LogP contribution is -2.67. The molecule has 0 radical (unpaired) electrons. The van der Waals surface area contributed by atoms with Crippen molar-refractivity contribution in [2.45, 2.75) is 30.6 Å². The van der Waals surface area contributed by atoms with Crippen molar-refractivity contribution in [3.8, 4) is 0 Å². The first-order chi connectivity index (χ1) is 15.4. The normalized spacial score (nSPS) is 26.0. The zero-order valence-corrected chi connectivity index (χ0v) is 17.3. The predicted octanol–water partition coefficient (Wildman–Crippen LogP) is 1.48. The Balaban J connectivity index is 1.43. The lowest BCUT2D eigenvalue weighted by molar-refractivity contribution is -0.965. The quantitative estimate of drug-likeness (QED) is 0.414. The van der Waals surface area contributed by atoms with Gasteiger partial charge in [0.05, 0.1) is 38.1 Å². The minimum Gasteiger partial charge on any atom is -0.472 e. The summed E-state index contributed by atoms with van der Waals surface area (Å²) < 4.78 is 21.4. The van der Waals surface area contributed by atoms with Crippen molar-refractivity contribution in [2.24, 2.45) is 11.7 Å². The number of aliphatic hydroxyl groups is 1. The number of nitrogens with zero attached hydrogens (tertiary/aromatic N) is 2. The third-order valence-corrected chi connectivity index (χ3v) is 6.95. The van der Waals surface area contributed by atoms with Crippen LogP contribution in [0.4, 0.5) is 0 Å². The molecule has 168 valence electrons. The number of rotatable bonds is 7. The van der Waals surface area contributed by atoms with Crippen LogP contribution in [0.15, 0.2) is 62.9 Å². The average Bonchev–Trinajstić information content (AvgIpc) is 3.57. The van der Waals surface area contributed by atoms with E-state index in [1.54, 1.807) is 6.07 Å². The van der Waals surface area contributed by atoms with Gasteiger partial charge in [0.1, 0.15) is 12.8 Å². The van der Waals surface area contributed by atoms with Crippen molar-refractivity contribution >= 4 is 11.9 Å². The van der Waals surface area contributed by atoms with E-state index in [1.807, 2.05) is 0 Å². The van der Waals surface area contributed by atoms with Crippen molar-refractivity contribution in [1.29, 1.82) is 0 Å². The Morgan fingerprint density at radius 1 is 1.12 bits per heavy atom. The summed E-state index contributed by atoms with van der Waals surface area (Å²) in [5.74, 6) is -1.20. The molecule has 6 rings (SSSR count). The van der Waals surface area contributed by atoms with Gasteiger partial charge < -0.3 is 33.4 Å². The minimum atomic E-state index is -2.08. The minimum absolute atomic E-state index is 0.128. The van der Waals surface area contributed by atoms with Gasteiger partial charge in [0, 0.05) is 36.0 Å². The zero-order chi connectivity index (χ0) is 22.3. The molecular formula is C22H24N3O7+. The zero-order valence-electron chi connectivity index (χ0n) is 17.3. The van der Waals surface area contributed by atoms with Crippen LogP contribution >= 0.6 is 0 Å². The number of nitrogens with two attached hydrogens (primary N) is 1. The van der Waals surface area contributed by atoms with Gasteiger partial charge in [-0.15, -0.1) is 0 Å². The number of ether oxygens (including phenoxy) is 1. The number of carbonyl (C=O) groups excluding carboxylic acids is 2. The smallest absolute Gasteiger partial charge is 0.348 e. The van der Waals surface area contributed by atoms with E-state index >= 15 is 0 Å². The molecule has 10 heteroatoms. The Hall–Kier alpha value is -3.37. The molecule has 0 saturated carbocycles. The molecule has 0 aromatic carbocycles. The van der Waals surface area contributed by atoms with Crippen molar-refractivity contribution in [3.63, 3.8) is 0 Å². The molecule has 1 amide bonds. The van der Waals surface area contributed by atoms with E-state index in [4.69, 9.17) is 23.8 Å². The molecule has 3 aromatic heterocycles. The van der Waals surface area contributed by atoms with E-state index in [1.165, 1.54) is 43.4 Å². The maximum absolute atomic E-state index is 13.4. The van der Waals surface area contributed by atoms with Gasteiger partial charge in [-0.05, 0) is 12.1 Å². The summed E-state index contributed by atoms with van der Waals surface area (Å²) in [7, 11) is 0. The van der Waals surface area contributed by atoms with Crippen LogP contribution in [-0.4, -0.2) is 52.4 Å². The van der Waals surface area contributed by atoms with Crippen LogP contribution in [-0.2, 0) is 19.9 Å². The average molecular weight is 442 g/mol. The first-order valence-electron chi connectivity index (χ1n) is 10.5.